The quantitative estimate of drug-likeness (QED) is 0.779. The number of hydrogen-bond donors (Lipinski definition) is 3. The molecule has 1 aromatic carbocycles. The van der Waals surface area contributed by atoms with Gasteiger partial charge in [0.15, 0.2) is 6.61 Å². The SMILES string of the molecule is NC1CCC(NCc2ccc3c(c2)NC(=O)CO3)CC1. The van der Waals surface area contributed by atoms with E-state index in [1.54, 1.807) is 0 Å². The molecule has 3 rings (SSSR count). The Balaban J connectivity index is 1.58. The van der Waals surface area contributed by atoms with Gasteiger partial charge in [-0.05, 0) is 43.4 Å². The second kappa shape index (κ2) is 5.81. The van der Waals surface area contributed by atoms with Crippen molar-refractivity contribution in [1.29, 1.82) is 0 Å². The largest absolute Gasteiger partial charge is 0.482 e. The normalized spacial score (nSPS) is 25.6. The van der Waals surface area contributed by atoms with Crippen molar-refractivity contribution in [2.45, 2.75) is 44.3 Å². The molecule has 1 aromatic rings. The summed E-state index contributed by atoms with van der Waals surface area (Å²) in [7, 11) is 0. The highest BCUT2D eigenvalue weighted by Crippen LogP contribution is 2.28. The van der Waals surface area contributed by atoms with E-state index in [9.17, 15) is 4.79 Å². The van der Waals surface area contributed by atoms with Gasteiger partial charge in [-0.15, -0.1) is 0 Å². The molecule has 1 saturated carbocycles. The molecular weight excluding hydrogens is 254 g/mol. The van der Waals surface area contributed by atoms with Crippen LogP contribution in [0, 0.1) is 0 Å². The van der Waals surface area contributed by atoms with Crippen molar-refractivity contribution >= 4 is 11.6 Å². The molecule has 1 amide bonds. The minimum absolute atomic E-state index is 0.0936. The summed E-state index contributed by atoms with van der Waals surface area (Å²) < 4.78 is 5.35. The number of rotatable bonds is 3. The minimum Gasteiger partial charge on any atom is -0.482 e. The van der Waals surface area contributed by atoms with Crippen LogP contribution in [0.15, 0.2) is 18.2 Å². The fourth-order valence-corrected chi connectivity index (χ4v) is 2.83. The van der Waals surface area contributed by atoms with Crippen LogP contribution in [0.25, 0.3) is 0 Å². The number of fused-ring (bicyclic) bond motifs is 1. The van der Waals surface area contributed by atoms with E-state index in [0.717, 1.165) is 49.2 Å². The van der Waals surface area contributed by atoms with E-state index >= 15 is 0 Å². The van der Waals surface area contributed by atoms with Gasteiger partial charge in [0.05, 0.1) is 5.69 Å². The third-order valence-corrected chi connectivity index (χ3v) is 4.04. The lowest BCUT2D eigenvalue weighted by Crippen LogP contribution is -2.37. The van der Waals surface area contributed by atoms with Crippen molar-refractivity contribution in [2.24, 2.45) is 5.73 Å². The Morgan fingerprint density at radius 3 is 2.90 bits per heavy atom. The highest BCUT2D eigenvalue weighted by molar-refractivity contribution is 5.95. The van der Waals surface area contributed by atoms with Crippen LogP contribution >= 0.6 is 0 Å². The summed E-state index contributed by atoms with van der Waals surface area (Å²) >= 11 is 0. The molecule has 0 aromatic heterocycles. The number of anilines is 1. The number of amides is 1. The van der Waals surface area contributed by atoms with Gasteiger partial charge in [0.1, 0.15) is 5.75 Å². The predicted octanol–water partition coefficient (Wildman–Crippen LogP) is 1.38. The lowest BCUT2D eigenvalue weighted by atomic mass is 9.92. The Kier molecular flexibility index (Phi) is 3.89. The second-order valence-corrected chi connectivity index (χ2v) is 5.66. The van der Waals surface area contributed by atoms with Gasteiger partial charge in [0.25, 0.3) is 5.91 Å². The predicted molar refractivity (Wildman–Crippen MR) is 77.6 cm³/mol. The zero-order valence-electron chi connectivity index (χ0n) is 11.5. The van der Waals surface area contributed by atoms with Gasteiger partial charge < -0.3 is 21.1 Å². The molecule has 5 heteroatoms. The van der Waals surface area contributed by atoms with E-state index in [1.165, 1.54) is 0 Å². The second-order valence-electron chi connectivity index (χ2n) is 5.66. The zero-order chi connectivity index (χ0) is 13.9. The van der Waals surface area contributed by atoms with E-state index < -0.39 is 0 Å². The van der Waals surface area contributed by atoms with Gasteiger partial charge in [-0.3, -0.25) is 4.79 Å². The molecule has 2 aliphatic rings. The van der Waals surface area contributed by atoms with Crippen LogP contribution in [0.1, 0.15) is 31.2 Å². The number of carbonyl (C=O) groups is 1. The standard InChI is InChI=1S/C15H21N3O2/c16-11-2-4-12(5-3-11)17-8-10-1-6-14-13(7-10)18-15(19)9-20-14/h1,6-7,11-12,17H,2-5,8-9,16H2,(H,18,19). The van der Waals surface area contributed by atoms with Crippen LogP contribution in [-0.4, -0.2) is 24.6 Å². The van der Waals surface area contributed by atoms with Crippen molar-refractivity contribution in [3.8, 4) is 5.75 Å². The van der Waals surface area contributed by atoms with Gasteiger partial charge in [0.2, 0.25) is 0 Å². The molecule has 1 heterocycles. The molecule has 4 N–H and O–H groups in total. The lowest BCUT2D eigenvalue weighted by Gasteiger charge is -2.27. The molecule has 1 aliphatic carbocycles. The number of benzene rings is 1. The smallest absolute Gasteiger partial charge is 0.262 e. The topological polar surface area (TPSA) is 76.4 Å². The average molecular weight is 275 g/mol. The third-order valence-electron chi connectivity index (χ3n) is 4.04. The average Bonchev–Trinajstić information content (AvgIpc) is 2.46. The van der Waals surface area contributed by atoms with Crippen molar-refractivity contribution in [3.63, 3.8) is 0 Å². The summed E-state index contributed by atoms with van der Waals surface area (Å²) in [6, 6.07) is 6.87. The molecule has 0 radical (unpaired) electrons. The fourth-order valence-electron chi connectivity index (χ4n) is 2.83. The molecule has 0 saturated heterocycles. The Morgan fingerprint density at radius 2 is 2.10 bits per heavy atom. The number of ether oxygens (including phenoxy) is 1. The Morgan fingerprint density at radius 1 is 1.30 bits per heavy atom. The van der Waals surface area contributed by atoms with Gasteiger partial charge in [0, 0.05) is 18.6 Å². The van der Waals surface area contributed by atoms with Gasteiger partial charge >= 0.3 is 0 Å². The van der Waals surface area contributed by atoms with Crippen LogP contribution in [0.3, 0.4) is 0 Å². The van der Waals surface area contributed by atoms with E-state index in [4.69, 9.17) is 10.5 Å². The van der Waals surface area contributed by atoms with Crippen LogP contribution in [0.2, 0.25) is 0 Å². The molecule has 0 atom stereocenters. The van der Waals surface area contributed by atoms with Crippen molar-refractivity contribution in [3.05, 3.63) is 23.8 Å². The molecule has 20 heavy (non-hydrogen) atoms. The number of carbonyl (C=O) groups excluding carboxylic acids is 1. The first-order valence-corrected chi connectivity index (χ1v) is 7.25. The van der Waals surface area contributed by atoms with Crippen LogP contribution < -0.4 is 21.1 Å². The third kappa shape index (κ3) is 3.11. The lowest BCUT2D eigenvalue weighted by molar-refractivity contribution is -0.118. The Bertz CT molecular complexity index is 496. The van der Waals surface area contributed by atoms with Crippen LogP contribution in [-0.2, 0) is 11.3 Å². The highest BCUT2D eigenvalue weighted by Gasteiger charge is 2.19. The molecule has 1 aliphatic heterocycles. The van der Waals surface area contributed by atoms with E-state index in [-0.39, 0.29) is 12.5 Å². The summed E-state index contributed by atoms with van der Waals surface area (Å²) in [5.41, 5.74) is 7.84. The Hall–Kier alpha value is -1.59. The first-order valence-electron chi connectivity index (χ1n) is 7.25. The monoisotopic (exact) mass is 275 g/mol. The summed E-state index contributed by atoms with van der Waals surface area (Å²) in [6.45, 7) is 0.913. The summed E-state index contributed by atoms with van der Waals surface area (Å²) in [4.78, 5) is 11.3. The van der Waals surface area contributed by atoms with Crippen molar-refractivity contribution < 1.29 is 9.53 Å². The summed E-state index contributed by atoms with van der Waals surface area (Å²) in [6.07, 6.45) is 4.50. The number of nitrogens with two attached hydrogens (primary N) is 1. The first kappa shape index (κ1) is 13.4. The molecule has 0 unspecified atom stereocenters. The maximum Gasteiger partial charge on any atom is 0.262 e. The van der Waals surface area contributed by atoms with E-state index in [1.807, 2.05) is 18.2 Å². The number of nitrogens with one attached hydrogen (secondary N) is 2. The van der Waals surface area contributed by atoms with Crippen molar-refractivity contribution in [2.75, 3.05) is 11.9 Å². The van der Waals surface area contributed by atoms with Crippen LogP contribution in [0.4, 0.5) is 5.69 Å². The maximum atomic E-state index is 11.3. The van der Waals surface area contributed by atoms with E-state index in [2.05, 4.69) is 10.6 Å². The highest BCUT2D eigenvalue weighted by atomic mass is 16.5. The zero-order valence-corrected chi connectivity index (χ0v) is 11.5. The first-order chi connectivity index (χ1) is 9.70. The van der Waals surface area contributed by atoms with E-state index in [0.29, 0.717) is 12.1 Å². The molecular formula is C15H21N3O2. The van der Waals surface area contributed by atoms with Gasteiger partial charge in [-0.1, -0.05) is 6.07 Å². The van der Waals surface area contributed by atoms with Crippen molar-refractivity contribution in [1.82, 2.24) is 5.32 Å². The maximum absolute atomic E-state index is 11.3. The van der Waals surface area contributed by atoms with Gasteiger partial charge in [-0.25, -0.2) is 0 Å². The molecule has 108 valence electrons. The summed E-state index contributed by atoms with van der Waals surface area (Å²) in [5, 5.41) is 6.40. The molecule has 0 spiro atoms. The summed E-state index contributed by atoms with van der Waals surface area (Å²) in [5.74, 6) is 0.654. The van der Waals surface area contributed by atoms with Crippen LogP contribution in [0.5, 0.6) is 5.75 Å². The molecule has 5 nitrogen and oxygen atoms in total. The fraction of sp³-hybridized carbons (Fsp3) is 0.533. The number of hydrogen-bond acceptors (Lipinski definition) is 4. The molecule has 0 bridgehead atoms. The minimum atomic E-state index is -0.0936. The Labute approximate surface area is 118 Å². The van der Waals surface area contributed by atoms with Gasteiger partial charge in [-0.2, -0.15) is 0 Å². The molecule has 1 fully saturated rings.